The molecule has 156 valence electrons. The number of nitrogens with one attached hydrogen (secondary N) is 2. The van der Waals surface area contributed by atoms with Crippen molar-refractivity contribution in [2.24, 2.45) is 0 Å². The van der Waals surface area contributed by atoms with E-state index in [0.29, 0.717) is 31.9 Å². The average molecular weight is 399 g/mol. The molecule has 3 heterocycles. The number of carbonyl (C=O) groups is 2. The van der Waals surface area contributed by atoms with Crippen molar-refractivity contribution in [2.75, 3.05) is 33.8 Å². The van der Waals surface area contributed by atoms with Crippen molar-refractivity contribution in [3.63, 3.8) is 0 Å². The number of hydrogen-bond donors (Lipinski definition) is 2. The highest BCUT2D eigenvalue weighted by Crippen LogP contribution is 2.24. The molecule has 4 rings (SSSR count). The van der Waals surface area contributed by atoms with Gasteiger partial charge in [0.1, 0.15) is 5.82 Å². The fourth-order valence-corrected chi connectivity index (χ4v) is 4.20. The minimum atomic E-state index is -0.0660. The van der Waals surface area contributed by atoms with E-state index in [0.717, 1.165) is 36.4 Å². The molecule has 0 aliphatic carbocycles. The van der Waals surface area contributed by atoms with Crippen LogP contribution in [0.25, 0.3) is 11.0 Å². The van der Waals surface area contributed by atoms with Crippen molar-refractivity contribution < 1.29 is 14.3 Å². The largest absolute Gasteiger partial charge is 0.375 e. The number of H-pyrrole nitrogens is 1. The zero-order valence-corrected chi connectivity index (χ0v) is 17.1. The van der Waals surface area contributed by atoms with Crippen molar-refractivity contribution in [1.29, 1.82) is 0 Å². The molecule has 1 aromatic heterocycles. The van der Waals surface area contributed by atoms with Crippen LogP contribution in [0.3, 0.4) is 0 Å². The first-order valence-electron chi connectivity index (χ1n) is 10.3. The number of rotatable bonds is 6. The highest BCUT2D eigenvalue weighted by atomic mass is 16.5. The van der Waals surface area contributed by atoms with Gasteiger partial charge in [0, 0.05) is 52.1 Å². The van der Waals surface area contributed by atoms with E-state index in [1.165, 1.54) is 0 Å². The maximum atomic E-state index is 12.4. The first kappa shape index (κ1) is 19.8. The van der Waals surface area contributed by atoms with E-state index >= 15 is 0 Å². The number of aromatic nitrogens is 2. The Bertz CT molecular complexity index is 847. The molecule has 2 aliphatic rings. The summed E-state index contributed by atoms with van der Waals surface area (Å²) in [5, 5.41) is 3.16. The number of benzene rings is 1. The number of para-hydroxylation sites is 2. The molecule has 0 radical (unpaired) electrons. The highest BCUT2D eigenvalue weighted by molar-refractivity contribution is 5.77. The third-order valence-corrected chi connectivity index (χ3v) is 5.78. The van der Waals surface area contributed by atoms with Crippen LogP contribution in [-0.2, 0) is 20.7 Å². The van der Waals surface area contributed by atoms with Gasteiger partial charge in [-0.3, -0.25) is 14.5 Å². The van der Waals surface area contributed by atoms with Gasteiger partial charge < -0.3 is 19.9 Å². The van der Waals surface area contributed by atoms with Gasteiger partial charge in [0.15, 0.2) is 0 Å². The maximum Gasteiger partial charge on any atom is 0.224 e. The summed E-state index contributed by atoms with van der Waals surface area (Å²) in [6.07, 6.45) is 2.24. The zero-order chi connectivity index (χ0) is 20.4. The Morgan fingerprint density at radius 1 is 1.31 bits per heavy atom. The Kier molecular flexibility index (Phi) is 5.82. The summed E-state index contributed by atoms with van der Waals surface area (Å²) in [7, 11) is 3.53. The molecular weight excluding hydrogens is 370 g/mol. The van der Waals surface area contributed by atoms with Gasteiger partial charge in [0.25, 0.3) is 0 Å². The van der Waals surface area contributed by atoms with Gasteiger partial charge in [-0.25, -0.2) is 4.98 Å². The molecule has 0 spiro atoms. The monoisotopic (exact) mass is 399 g/mol. The standard InChI is InChI=1S/C21H29N5O3/c1-25(2)21(28)10-16-12-26-11-14(9-15(26)13-29-16)22-20(27)8-7-19-23-17-5-3-4-6-18(17)24-19/h3-6,14-16H,7-13H2,1-2H3,(H,22,27)(H,23,24)/t14-,15-,16-/m0/s1. The second-order valence-electron chi connectivity index (χ2n) is 8.26. The molecule has 0 unspecified atom stereocenters. The number of morpholine rings is 1. The summed E-state index contributed by atoms with van der Waals surface area (Å²) in [5.74, 6) is 0.977. The molecule has 2 N–H and O–H groups in total. The fourth-order valence-electron chi connectivity index (χ4n) is 4.20. The highest BCUT2D eigenvalue weighted by Gasteiger charge is 2.38. The van der Waals surface area contributed by atoms with Crippen molar-refractivity contribution >= 4 is 22.8 Å². The second kappa shape index (κ2) is 8.51. The lowest BCUT2D eigenvalue weighted by atomic mass is 10.1. The van der Waals surface area contributed by atoms with Gasteiger partial charge in [0.05, 0.1) is 30.2 Å². The van der Waals surface area contributed by atoms with E-state index in [1.807, 2.05) is 24.3 Å². The number of fused-ring (bicyclic) bond motifs is 2. The maximum absolute atomic E-state index is 12.4. The van der Waals surface area contributed by atoms with Gasteiger partial charge in [0.2, 0.25) is 11.8 Å². The van der Waals surface area contributed by atoms with Gasteiger partial charge >= 0.3 is 0 Å². The van der Waals surface area contributed by atoms with E-state index in [1.54, 1.807) is 19.0 Å². The van der Waals surface area contributed by atoms with Crippen LogP contribution in [0.2, 0.25) is 0 Å². The smallest absolute Gasteiger partial charge is 0.224 e. The number of aromatic amines is 1. The molecule has 2 aliphatic heterocycles. The molecule has 1 aromatic carbocycles. The van der Waals surface area contributed by atoms with Crippen molar-refractivity contribution in [2.45, 2.75) is 43.9 Å². The van der Waals surface area contributed by atoms with Crippen LogP contribution in [0, 0.1) is 0 Å². The first-order chi connectivity index (χ1) is 14.0. The normalized spacial score (nSPS) is 24.4. The topological polar surface area (TPSA) is 90.6 Å². The summed E-state index contributed by atoms with van der Waals surface area (Å²) in [6, 6.07) is 8.33. The number of aryl methyl sites for hydroxylation is 1. The molecule has 2 saturated heterocycles. The average Bonchev–Trinajstić information content (AvgIpc) is 3.28. The summed E-state index contributed by atoms with van der Waals surface area (Å²) in [6.45, 7) is 2.18. The molecule has 3 atom stereocenters. The van der Waals surface area contributed by atoms with Crippen LogP contribution in [0.5, 0.6) is 0 Å². The molecule has 0 saturated carbocycles. The van der Waals surface area contributed by atoms with Gasteiger partial charge in [-0.2, -0.15) is 0 Å². The molecule has 2 amide bonds. The Morgan fingerprint density at radius 3 is 2.93 bits per heavy atom. The fraction of sp³-hybridized carbons (Fsp3) is 0.571. The number of hydrogen-bond acceptors (Lipinski definition) is 5. The van der Waals surface area contributed by atoms with Crippen molar-refractivity contribution in [1.82, 2.24) is 25.1 Å². The van der Waals surface area contributed by atoms with Crippen molar-refractivity contribution in [3.05, 3.63) is 30.1 Å². The lowest BCUT2D eigenvalue weighted by Gasteiger charge is -2.35. The molecule has 2 fully saturated rings. The van der Waals surface area contributed by atoms with E-state index in [9.17, 15) is 9.59 Å². The SMILES string of the molecule is CN(C)C(=O)C[C@H]1CN2C[C@@H](NC(=O)CCc3nc4ccccc4[nH]3)C[C@H]2CO1. The summed E-state index contributed by atoms with van der Waals surface area (Å²) in [4.78, 5) is 36.1. The Balaban J connectivity index is 1.23. The van der Waals surface area contributed by atoms with Crippen LogP contribution in [0.15, 0.2) is 24.3 Å². The molecule has 0 bridgehead atoms. The minimum absolute atomic E-state index is 0.0514. The van der Waals surface area contributed by atoms with Gasteiger partial charge in [-0.05, 0) is 18.6 Å². The molecule has 8 heteroatoms. The quantitative estimate of drug-likeness (QED) is 0.754. The summed E-state index contributed by atoms with van der Waals surface area (Å²) in [5.41, 5.74) is 1.93. The van der Waals surface area contributed by atoms with Crippen LogP contribution in [0.4, 0.5) is 0 Å². The van der Waals surface area contributed by atoms with Crippen LogP contribution in [-0.4, -0.2) is 83.6 Å². The second-order valence-corrected chi connectivity index (χ2v) is 8.26. The number of imidazole rings is 1. The van der Waals surface area contributed by atoms with Crippen molar-refractivity contribution in [3.8, 4) is 0 Å². The molecular formula is C21H29N5O3. The Morgan fingerprint density at radius 2 is 2.14 bits per heavy atom. The van der Waals surface area contributed by atoms with Crippen LogP contribution in [0.1, 0.15) is 25.1 Å². The number of carbonyl (C=O) groups excluding carboxylic acids is 2. The van der Waals surface area contributed by atoms with E-state index < -0.39 is 0 Å². The predicted molar refractivity (Wildman–Crippen MR) is 109 cm³/mol. The predicted octanol–water partition coefficient (Wildman–Crippen LogP) is 0.932. The zero-order valence-electron chi connectivity index (χ0n) is 17.1. The number of ether oxygens (including phenoxy) is 1. The van der Waals surface area contributed by atoms with E-state index in [4.69, 9.17) is 4.74 Å². The Labute approximate surface area is 170 Å². The molecule has 8 nitrogen and oxygen atoms in total. The van der Waals surface area contributed by atoms with Gasteiger partial charge in [-0.15, -0.1) is 0 Å². The van der Waals surface area contributed by atoms with E-state index in [-0.39, 0.29) is 24.0 Å². The number of amides is 2. The van der Waals surface area contributed by atoms with Crippen LogP contribution >= 0.6 is 0 Å². The van der Waals surface area contributed by atoms with E-state index in [2.05, 4.69) is 20.2 Å². The minimum Gasteiger partial charge on any atom is -0.375 e. The van der Waals surface area contributed by atoms with Crippen LogP contribution < -0.4 is 5.32 Å². The third-order valence-electron chi connectivity index (χ3n) is 5.78. The first-order valence-corrected chi connectivity index (χ1v) is 10.3. The van der Waals surface area contributed by atoms with Gasteiger partial charge in [-0.1, -0.05) is 12.1 Å². The molecule has 29 heavy (non-hydrogen) atoms. The number of nitrogens with zero attached hydrogens (tertiary/aromatic N) is 3. The third kappa shape index (κ3) is 4.76. The lowest BCUT2D eigenvalue weighted by molar-refractivity contribution is -0.134. The summed E-state index contributed by atoms with van der Waals surface area (Å²) >= 11 is 0. The molecule has 2 aromatic rings. The lowest BCUT2D eigenvalue weighted by Crippen LogP contribution is -2.47. The Hall–Kier alpha value is -2.45. The summed E-state index contributed by atoms with van der Waals surface area (Å²) < 4.78 is 5.89.